The summed E-state index contributed by atoms with van der Waals surface area (Å²) in [6.45, 7) is 4.53. The standard InChI is InChI=1S/C60H97NO7/c1-6-8-10-12-14-16-18-20-22-24-26-28-29-31-33-35-37-39-41-43-45-47-49-51-59(63)68-56(54-66-53-52-57(60(64)65)61(3,4)5)55-67-58(62)50-48-46-44-42-40-38-36-34-32-30-27-25-23-21-19-17-15-13-11-9-7-2/h8,10,14-17,20-23,26-28,30-31,33-34,36-37,39,56-57H,6-7,9,11-13,18-19,24-25,29,32,35,38,40-55H2,1-5H3/p+1/b10-8+,16-14+,17-15+,22-20+,23-21+,28-26+,30-27+,33-31+,36-34+,39-37+. The zero-order valence-electron chi connectivity index (χ0n) is 43.8. The van der Waals surface area contributed by atoms with Crippen LogP contribution in [0.3, 0.4) is 0 Å². The molecule has 0 bridgehead atoms. The van der Waals surface area contributed by atoms with E-state index in [4.69, 9.17) is 14.2 Å². The van der Waals surface area contributed by atoms with Crippen molar-refractivity contribution < 1.29 is 38.2 Å². The van der Waals surface area contributed by atoms with Gasteiger partial charge >= 0.3 is 17.9 Å². The van der Waals surface area contributed by atoms with Crippen molar-refractivity contribution in [1.82, 2.24) is 0 Å². The van der Waals surface area contributed by atoms with Crippen molar-refractivity contribution in [2.24, 2.45) is 0 Å². The molecule has 2 unspecified atom stereocenters. The third-order valence-electron chi connectivity index (χ3n) is 11.1. The molecule has 2 atom stereocenters. The van der Waals surface area contributed by atoms with Crippen molar-refractivity contribution in [2.45, 2.75) is 199 Å². The highest BCUT2D eigenvalue weighted by Crippen LogP contribution is 2.13. The number of allylic oxidation sites excluding steroid dienone is 20. The van der Waals surface area contributed by atoms with Gasteiger partial charge in [-0.25, -0.2) is 4.79 Å². The molecule has 0 aromatic carbocycles. The van der Waals surface area contributed by atoms with E-state index in [1.807, 2.05) is 21.1 Å². The van der Waals surface area contributed by atoms with Crippen molar-refractivity contribution in [3.63, 3.8) is 0 Å². The number of quaternary nitrogens is 1. The first kappa shape index (κ1) is 63.7. The molecule has 0 aromatic heterocycles. The molecule has 0 aliphatic carbocycles. The van der Waals surface area contributed by atoms with Gasteiger partial charge in [0.1, 0.15) is 6.61 Å². The van der Waals surface area contributed by atoms with Crippen LogP contribution in [-0.2, 0) is 28.6 Å². The molecule has 68 heavy (non-hydrogen) atoms. The minimum Gasteiger partial charge on any atom is -0.477 e. The lowest BCUT2D eigenvalue weighted by Crippen LogP contribution is -2.50. The summed E-state index contributed by atoms with van der Waals surface area (Å²) in [5, 5.41) is 9.67. The topological polar surface area (TPSA) is 99.1 Å². The Morgan fingerprint density at radius 1 is 0.456 bits per heavy atom. The number of hydrogen-bond donors (Lipinski definition) is 1. The van der Waals surface area contributed by atoms with Gasteiger partial charge in [0, 0.05) is 19.3 Å². The second kappa shape index (κ2) is 49.2. The van der Waals surface area contributed by atoms with Crippen LogP contribution in [0.1, 0.15) is 187 Å². The van der Waals surface area contributed by atoms with E-state index in [9.17, 15) is 19.5 Å². The maximum Gasteiger partial charge on any atom is 0.362 e. The van der Waals surface area contributed by atoms with Crippen LogP contribution in [-0.4, -0.2) is 80.6 Å². The molecule has 0 aromatic rings. The first-order valence-electron chi connectivity index (χ1n) is 26.6. The molecule has 0 rings (SSSR count). The number of ether oxygens (including phenoxy) is 3. The Hall–Kier alpha value is -4.27. The third-order valence-corrected chi connectivity index (χ3v) is 11.1. The minimum atomic E-state index is -0.887. The zero-order chi connectivity index (χ0) is 49.9. The van der Waals surface area contributed by atoms with Crippen LogP contribution in [0, 0.1) is 0 Å². The third kappa shape index (κ3) is 46.8. The Morgan fingerprint density at radius 3 is 1.22 bits per heavy atom. The fourth-order valence-electron chi connectivity index (χ4n) is 7.02. The molecule has 8 heteroatoms. The molecule has 0 aliphatic heterocycles. The zero-order valence-corrected chi connectivity index (χ0v) is 43.8. The van der Waals surface area contributed by atoms with Gasteiger partial charge in [-0.05, 0) is 109 Å². The van der Waals surface area contributed by atoms with Gasteiger partial charge in [0.15, 0.2) is 12.1 Å². The summed E-state index contributed by atoms with van der Waals surface area (Å²) in [6.07, 6.45) is 69.6. The number of rotatable bonds is 46. The van der Waals surface area contributed by atoms with Crippen molar-refractivity contribution in [1.29, 1.82) is 0 Å². The molecule has 384 valence electrons. The summed E-state index contributed by atoms with van der Waals surface area (Å²) in [6, 6.07) is -0.632. The molecule has 0 saturated carbocycles. The van der Waals surface area contributed by atoms with E-state index in [0.29, 0.717) is 12.8 Å². The molecule has 1 N–H and O–H groups in total. The normalized spacial score (nSPS) is 13.8. The summed E-state index contributed by atoms with van der Waals surface area (Å²) < 4.78 is 17.3. The summed E-state index contributed by atoms with van der Waals surface area (Å²) in [7, 11) is 5.51. The van der Waals surface area contributed by atoms with Gasteiger partial charge < -0.3 is 23.8 Å². The number of nitrogens with zero attached hydrogens (tertiary/aromatic N) is 1. The summed E-state index contributed by atoms with van der Waals surface area (Å²) in [5.41, 5.74) is 0. The number of carbonyl (C=O) groups is 3. The number of likely N-dealkylation sites (N-methyl/N-ethyl adjacent to an activating group) is 1. The summed E-state index contributed by atoms with van der Waals surface area (Å²) in [4.78, 5) is 37.2. The van der Waals surface area contributed by atoms with Crippen molar-refractivity contribution >= 4 is 17.9 Å². The predicted octanol–water partition coefficient (Wildman–Crippen LogP) is 15.8. The maximum absolute atomic E-state index is 12.8. The minimum absolute atomic E-state index is 0.0356. The number of esters is 2. The van der Waals surface area contributed by atoms with E-state index in [0.717, 1.165) is 128 Å². The Kier molecular flexibility index (Phi) is 46.1. The largest absolute Gasteiger partial charge is 0.477 e. The van der Waals surface area contributed by atoms with Crippen LogP contribution in [0.15, 0.2) is 122 Å². The van der Waals surface area contributed by atoms with Gasteiger partial charge in [0.25, 0.3) is 0 Å². The lowest BCUT2D eigenvalue weighted by molar-refractivity contribution is -0.887. The fraction of sp³-hybridized carbons (Fsp3) is 0.617. The first-order chi connectivity index (χ1) is 33.1. The Labute approximate surface area is 416 Å². The molecule has 0 fully saturated rings. The van der Waals surface area contributed by atoms with E-state index in [-0.39, 0.29) is 42.7 Å². The molecule has 0 heterocycles. The molecule has 0 aliphatic rings. The van der Waals surface area contributed by atoms with Crippen LogP contribution in [0.2, 0.25) is 0 Å². The molecular formula is C60H98NO7+. The van der Waals surface area contributed by atoms with Crippen LogP contribution in [0.5, 0.6) is 0 Å². The van der Waals surface area contributed by atoms with E-state index in [2.05, 4.69) is 135 Å². The Morgan fingerprint density at radius 2 is 0.824 bits per heavy atom. The number of unbranched alkanes of at least 4 members (excludes halogenated alkanes) is 12. The number of carboxylic acid groups (broad SMARTS) is 1. The van der Waals surface area contributed by atoms with E-state index < -0.39 is 18.1 Å². The smallest absolute Gasteiger partial charge is 0.362 e. The second-order valence-electron chi connectivity index (χ2n) is 18.4. The van der Waals surface area contributed by atoms with Gasteiger partial charge in [0.05, 0.1) is 34.4 Å². The van der Waals surface area contributed by atoms with Gasteiger partial charge in [0.2, 0.25) is 0 Å². The van der Waals surface area contributed by atoms with E-state index in [1.165, 1.54) is 25.7 Å². The number of hydrogen-bond acceptors (Lipinski definition) is 6. The van der Waals surface area contributed by atoms with Gasteiger partial charge in [-0.3, -0.25) is 9.59 Å². The van der Waals surface area contributed by atoms with Crippen LogP contribution in [0.4, 0.5) is 0 Å². The van der Waals surface area contributed by atoms with Crippen LogP contribution < -0.4 is 0 Å². The van der Waals surface area contributed by atoms with Crippen molar-refractivity contribution in [3.05, 3.63) is 122 Å². The Bertz CT molecular complexity index is 1520. The lowest BCUT2D eigenvalue weighted by Gasteiger charge is -2.31. The van der Waals surface area contributed by atoms with Gasteiger partial charge in [-0.2, -0.15) is 0 Å². The van der Waals surface area contributed by atoms with Crippen LogP contribution in [0.25, 0.3) is 0 Å². The van der Waals surface area contributed by atoms with Gasteiger partial charge in [-0.15, -0.1) is 0 Å². The second-order valence-corrected chi connectivity index (χ2v) is 18.4. The van der Waals surface area contributed by atoms with E-state index in [1.54, 1.807) is 0 Å². The monoisotopic (exact) mass is 945 g/mol. The highest BCUT2D eigenvalue weighted by atomic mass is 16.6. The van der Waals surface area contributed by atoms with Crippen LogP contribution >= 0.6 is 0 Å². The van der Waals surface area contributed by atoms with E-state index >= 15 is 0 Å². The molecular weight excluding hydrogens is 847 g/mol. The Balaban J connectivity index is 4.37. The first-order valence-corrected chi connectivity index (χ1v) is 26.6. The predicted molar refractivity (Wildman–Crippen MR) is 289 cm³/mol. The number of carboxylic acids is 1. The quantitative estimate of drug-likeness (QED) is 0.0281. The molecule has 0 radical (unpaired) electrons. The molecule has 0 amide bonds. The molecule has 8 nitrogen and oxygen atoms in total. The molecule has 0 spiro atoms. The lowest BCUT2D eigenvalue weighted by atomic mass is 10.1. The summed E-state index contributed by atoms with van der Waals surface area (Å²) in [5.74, 6) is -1.54. The highest BCUT2D eigenvalue weighted by Gasteiger charge is 2.31. The van der Waals surface area contributed by atoms with Crippen molar-refractivity contribution in [3.8, 4) is 0 Å². The van der Waals surface area contributed by atoms with Gasteiger partial charge in [-0.1, -0.05) is 180 Å². The fourth-order valence-corrected chi connectivity index (χ4v) is 7.02. The van der Waals surface area contributed by atoms with Crippen molar-refractivity contribution in [2.75, 3.05) is 41.0 Å². The number of carbonyl (C=O) groups excluding carboxylic acids is 2. The highest BCUT2D eigenvalue weighted by molar-refractivity contribution is 5.72. The average molecular weight is 945 g/mol. The summed E-state index contributed by atoms with van der Waals surface area (Å²) >= 11 is 0. The number of aliphatic carboxylic acids is 1. The molecule has 0 saturated heterocycles. The SMILES string of the molecule is CC/C=C/C/C=C/C/C=C/C/C=C/C/C=C/C/C=C/CCCCCCC(=O)OC(COCCC(C(=O)O)[N+](C)(C)C)COC(=O)CCCCCCC/C=C/C/C=C/C/C=C/C/C=C/CCCCC. The average Bonchev–Trinajstić information content (AvgIpc) is 3.30. The maximum atomic E-state index is 12.8.